The maximum Gasteiger partial charge on any atom is 0.237 e. The average molecular weight is 508 g/mol. The van der Waals surface area contributed by atoms with Gasteiger partial charge in [0, 0.05) is 28.0 Å². The molecule has 3 rings (SSSR count). The first kappa shape index (κ1) is 26.9. The molecule has 6 nitrogen and oxygen atoms in total. The normalized spacial score (nSPS) is 24.7. The molecule has 2 aromatic carbocycles. The monoisotopic (exact) mass is 507 g/mol. The SMILES string of the molecule is CCC1(CC)N[C@@H](C(=O)NCCC(O)CO)[C@H](c2cccc(Cl)c2)[C@@]1(NC)c1ccc(Cl)cc1. The van der Waals surface area contributed by atoms with Crippen LogP contribution >= 0.6 is 23.2 Å². The molecule has 8 heteroatoms. The van der Waals surface area contributed by atoms with Gasteiger partial charge in [0.2, 0.25) is 5.91 Å². The highest BCUT2D eigenvalue weighted by Gasteiger charge is 2.64. The zero-order valence-corrected chi connectivity index (χ0v) is 21.5. The number of hydrogen-bond acceptors (Lipinski definition) is 5. The van der Waals surface area contributed by atoms with Crippen molar-refractivity contribution in [3.8, 4) is 0 Å². The van der Waals surface area contributed by atoms with Gasteiger partial charge in [-0.15, -0.1) is 0 Å². The minimum absolute atomic E-state index is 0.160. The predicted molar refractivity (Wildman–Crippen MR) is 137 cm³/mol. The number of likely N-dealkylation sites (N-methyl/N-ethyl adjacent to an activating group) is 1. The molecule has 0 spiro atoms. The van der Waals surface area contributed by atoms with Crippen molar-refractivity contribution in [1.82, 2.24) is 16.0 Å². The Bertz CT molecular complexity index is 968. The molecule has 0 radical (unpaired) electrons. The summed E-state index contributed by atoms with van der Waals surface area (Å²) in [6.07, 6.45) is 0.961. The third-order valence-corrected chi connectivity index (χ3v) is 7.85. The standard InChI is InChI=1S/C26H35Cl2N3O3/c1-4-25(5-2)26(29-3,18-9-11-19(27)12-10-18)22(17-7-6-8-20(28)15-17)23(31-25)24(34)30-14-13-21(33)16-32/h6-12,15,21-23,29,31-33H,4-5,13-14,16H2,1-3H3,(H,30,34)/t21?,22-,23+,26-/m0/s1. The lowest BCUT2D eigenvalue weighted by molar-refractivity contribution is -0.123. The Morgan fingerprint density at radius 2 is 1.79 bits per heavy atom. The third-order valence-electron chi connectivity index (χ3n) is 7.37. The smallest absolute Gasteiger partial charge is 0.237 e. The van der Waals surface area contributed by atoms with Gasteiger partial charge in [-0.1, -0.05) is 61.3 Å². The van der Waals surface area contributed by atoms with Gasteiger partial charge in [-0.05, 0) is 61.7 Å². The van der Waals surface area contributed by atoms with Crippen LogP contribution in [-0.4, -0.2) is 54.0 Å². The second-order valence-electron chi connectivity index (χ2n) is 8.92. The molecule has 1 aliphatic heterocycles. The number of amides is 1. The van der Waals surface area contributed by atoms with E-state index in [0.29, 0.717) is 10.0 Å². The molecular weight excluding hydrogens is 473 g/mol. The van der Waals surface area contributed by atoms with Crippen LogP contribution in [0.2, 0.25) is 10.0 Å². The largest absolute Gasteiger partial charge is 0.394 e. The first-order valence-electron chi connectivity index (χ1n) is 11.8. The summed E-state index contributed by atoms with van der Waals surface area (Å²) in [5.41, 5.74) is 0.892. The van der Waals surface area contributed by atoms with E-state index in [9.17, 15) is 9.90 Å². The summed E-state index contributed by atoms with van der Waals surface area (Å²) in [6, 6.07) is 14.9. The third kappa shape index (κ3) is 4.85. The second kappa shape index (κ2) is 11.4. The van der Waals surface area contributed by atoms with Gasteiger partial charge < -0.3 is 20.8 Å². The Labute approximate surface area is 212 Å². The maximum absolute atomic E-state index is 13.6. The van der Waals surface area contributed by atoms with Crippen LogP contribution in [0, 0.1) is 0 Å². The lowest BCUT2D eigenvalue weighted by atomic mass is 9.63. The van der Waals surface area contributed by atoms with E-state index in [1.165, 1.54) is 0 Å². The van der Waals surface area contributed by atoms with Gasteiger partial charge in [-0.3, -0.25) is 10.1 Å². The van der Waals surface area contributed by atoms with Crippen LogP contribution in [0.1, 0.15) is 50.2 Å². The molecule has 0 aliphatic carbocycles. The second-order valence-corrected chi connectivity index (χ2v) is 9.80. The minimum Gasteiger partial charge on any atom is -0.394 e. The molecule has 1 heterocycles. The number of nitrogens with one attached hydrogen (secondary N) is 3. The summed E-state index contributed by atoms with van der Waals surface area (Å²) < 4.78 is 0. The van der Waals surface area contributed by atoms with Crippen molar-refractivity contribution in [3.05, 3.63) is 69.7 Å². The number of carbonyl (C=O) groups is 1. The van der Waals surface area contributed by atoms with Crippen LogP contribution in [0.5, 0.6) is 0 Å². The summed E-state index contributed by atoms with van der Waals surface area (Å²) in [6.45, 7) is 4.19. The summed E-state index contributed by atoms with van der Waals surface area (Å²) in [5, 5.41) is 30.4. The Morgan fingerprint density at radius 3 is 2.35 bits per heavy atom. The van der Waals surface area contributed by atoms with Gasteiger partial charge >= 0.3 is 0 Å². The Kier molecular flexibility index (Phi) is 9.01. The lowest BCUT2D eigenvalue weighted by Gasteiger charge is -2.48. The first-order chi connectivity index (χ1) is 16.3. The fourth-order valence-electron chi connectivity index (χ4n) is 5.68. The van der Waals surface area contributed by atoms with Crippen molar-refractivity contribution in [2.45, 2.75) is 62.3 Å². The van der Waals surface area contributed by atoms with E-state index < -0.39 is 23.2 Å². The molecule has 0 aromatic heterocycles. The molecule has 0 bridgehead atoms. The zero-order valence-electron chi connectivity index (χ0n) is 19.9. The highest BCUT2D eigenvalue weighted by atomic mass is 35.5. The zero-order chi connectivity index (χ0) is 24.9. The van der Waals surface area contributed by atoms with Gasteiger partial charge in [0.25, 0.3) is 0 Å². The molecule has 1 fully saturated rings. The fourth-order valence-corrected chi connectivity index (χ4v) is 6.01. The van der Waals surface area contributed by atoms with Crippen molar-refractivity contribution < 1.29 is 15.0 Å². The van der Waals surface area contributed by atoms with E-state index in [0.717, 1.165) is 24.0 Å². The average Bonchev–Trinajstić information content (AvgIpc) is 3.16. The lowest BCUT2D eigenvalue weighted by Crippen LogP contribution is -2.61. The van der Waals surface area contributed by atoms with E-state index in [4.69, 9.17) is 28.3 Å². The highest BCUT2D eigenvalue weighted by Crippen LogP contribution is 2.54. The van der Waals surface area contributed by atoms with E-state index in [2.05, 4.69) is 29.8 Å². The van der Waals surface area contributed by atoms with E-state index >= 15 is 0 Å². The summed E-state index contributed by atoms with van der Waals surface area (Å²) in [5.74, 6) is -0.451. The number of carbonyl (C=O) groups excluding carboxylic acids is 1. The van der Waals surface area contributed by atoms with E-state index in [1.54, 1.807) is 0 Å². The summed E-state index contributed by atoms with van der Waals surface area (Å²) in [4.78, 5) is 13.6. The molecule has 0 saturated carbocycles. The Balaban J connectivity index is 2.16. The molecule has 34 heavy (non-hydrogen) atoms. The van der Waals surface area contributed by atoms with Gasteiger partial charge in [0.05, 0.1) is 24.3 Å². The molecule has 2 aromatic rings. The molecule has 186 valence electrons. The van der Waals surface area contributed by atoms with E-state index in [1.807, 2.05) is 55.6 Å². The van der Waals surface area contributed by atoms with Crippen molar-refractivity contribution in [2.75, 3.05) is 20.2 Å². The predicted octanol–water partition coefficient (Wildman–Crippen LogP) is 3.58. The van der Waals surface area contributed by atoms with Crippen molar-refractivity contribution in [3.63, 3.8) is 0 Å². The van der Waals surface area contributed by atoms with Gasteiger partial charge in [-0.2, -0.15) is 0 Å². The van der Waals surface area contributed by atoms with Gasteiger partial charge in [0.15, 0.2) is 0 Å². The Morgan fingerprint density at radius 1 is 1.12 bits per heavy atom. The fraction of sp³-hybridized carbons (Fsp3) is 0.500. The van der Waals surface area contributed by atoms with Gasteiger partial charge in [0.1, 0.15) is 0 Å². The Hall–Kier alpha value is -1.67. The topological polar surface area (TPSA) is 93.6 Å². The number of benzene rings is 2. The molecule has 5 N–H and O–H groups in total. The first-order valence-corrected chi connectivity index (χ1v) is 12.6. The van der Waals surface area contributed by atoms with Crippen LogP contribution in [-0.2, 0) is 10.3 Å². The molecule has 4 atom stereocenters. The molecule has 1 saturated heterocycles. The number of hydrogen-bond donors (Lipinski definition) is 5. The van der Waals surface area contributed by atoms with Crippen molar-refractivity contribution in [1.29, 1.82) is 0 Å². The molecular formula is C26H35Cl2N3O3. The molecule has 1 aliphatic rings. The van der Waals surface area contributed by atoms with Crippen molar-refractivity contribution >= 4 is 29.1 Å². The van der Waals surface area contributed by atoms with Gasteiger partial charge in [-0.25, -0.2) is 0 Å². The summed E-state index contributed by atoms with van der Waals surface area (Å²) in [7, 11) is 1.94. The van der Waals surface area contributed by atoms with Crippen LogP contribution in [0.4, 0.5) is 0 Å². The van der Waals surface area contributed by atoms with E-state index in [-0.39, 0.29) is 31.4 Å². The van der Waals surface area contributed by atoms with Crippen LogP contribution in [0.25, 0.3) is 0 Å². The number of aliphatic hydroxyl groups excluding tert-OH is 2. The molecule has 1 amide bonds. The van der Waals surface area contributed by atoms with Crippen molar-refractivity contribution in [2.24, 2.45) is 0 Å². The van der Waals surface area contributed by atoms with Crippen LogP contribution in [0.3, 0.4) is 0 Å². The number of rotatable bonds is 10. The molecule has 1 unspecified atom stereocenters. The minimum atomic E-state index is -0.864. The summed E-state index contributed by atoms with van der Waals surface area (Å²) >= 11 is 12.7. The van der Waals surface area contributed by atoms with Crippen LogP contribution in [0.15, 0.2) is 48.5 Å². The highest BCUT2D eigenvalue weighted by molar-refractivity contribution is 6.30. The maximum atomic E-state index is 13.6. The number of aliphatic hydroxyl groups is 2. The quantitative estimate of drug-likeness (QED) is 0.338. The van der Waals surface area contributed by atoms with Crippen LogP contribution < -0.4 is 16.0 Å². The number of halogens is 2.